The molecule has 3 heteroatoms. The first kappa shape index (κ1) is 34.0. The summed E-state index contributed by atoms with van der Waals surface area (Å²) in [7, 11) is 0. The first-order valence-corrected chi connectivity index (χ1v) is 22.2. The molecule has 2 aromatic heterocycles. The number of hydrogen-bond donors (Lipinski definition) is 1. The molecule has 62 heavy (non-hydrogen) atoms. The zero-order valence-corrected chi connectivity index (χ0v) is 34.4. The van der Waals surface area contributed by atoms with Gasteiger partial charge in [0, 0.05) is 48.5 Å². The lowest BCUT2D eigenvalue weighted by Gasteiger charge is -2.32. The van der Waals surface area contributed by atoms with Crippen molar-refractivity contribution >= 4 is 81.1 Å². The first-order valence-electron chi connectivity index (χ1n) is 21.4. The van der Waals surface area contributed by atoms with Crippen LogP contribution >= 0.6 is 11.3 Å². The van der Waals surface area contributed by atoms with Crippen LogP contribution in [0.3, 0.4) is 0 Å². The average molecular weight is 805 g/mol. The Hall–Kier alpha value is -7.72. The summed E-state index contributed by atoms with van der Waals surface area (Å²) in [6.45, 7) is 0. The zero-order chi connectivity index (χ0) is 40.5. The number of benzene rings is 10. The summed E-state index contributed by atoms with van der Waals surface area (Å²) >= 11 is 1.92. The number of aromatic amines is 1. The fourth-order valence-corrected chi connectivity index (χ4v) is 12.7. The molecule has 0 bridgehead atoms. The third kappa shape index (κ3) is 4.42. The minimum atomic E-state index is -0.443. The Morgan fingerprint density at radius 1 is 0.371 bits per heavy atom. The van der Waals surface area contributed by atoms with E-state index in [4.69, 9.17) is 0 Å². The molecular weight excluding hydrogens is 769 g/mol. The van der Waals surface area contributed by atoms with Gasteiger partial charge in [0.15, 0.2) is 0 Å². The first-order chi connectivity index (χ1) is 30.8. The van der Waals surface area contributed by atoms with Gasteiger partial charge in [-0.2, -0.15) is 0 Å². The summed E-state index contributed by atoms with van der Waals surface area (Å²) in [4.78, 5) is 6.35. The van der Waals surface area contributed by atoms with Crippen LogP contribution in [0.4, 0.5) is 17.1 Å². The van der Waals surface area contributed by atoms with E-state index in [-0.39, 0.29) is 0 Å². The molecule has 0 unspecified atom stereocenters. The molecule has 0 saturated carbocycles. The van der Waals surface area contributed by atoms with Crippen molar-refractivity contribution < 1.29 is 0 Å². The predicted molar refractivity (Wildman–Crippen MR) is 263 cm³/mol. The van der Waals surface area contributed by atoms with Crippen LogP contribution in [0.15, 0.2) is 212 Å². The van der Waals surface area contributed by atoms with Crippen molar-refractivity contribution in [3.8, 4) is 33.4 Å². The van der Waals surface area contributed by atoms with Crippen LogP contribution in [0.2, 0.25) is 0 Å². The Labute approximate surface area is 362 Å². The summed E-state index contributed by atoms with van der Waals surface area (Å²) in [5.41, 5.74) is 18.4. The standard InChI is InChI=1S/C59H36N2S/c1-2-15-36(16-3-1)37-29-31-38(32-30-37)61(53-28-14-23-47-54-44-20-4-5-21-45(44)56-55(58(54)62-57(47)53)46-22-9-13-27-52(46)60-56)39-33-34-43-42-19-8-12-26-50(42)59(51(43)35-39)48-24-10-6-17-40(48)41-18-7-11-25-49(41)59/h1-35,60H. The van der Waals surface area contributed by atoms with Crippen molar-refractivity contribution in [1.82, 2.24) is 4.98 Å². The molecule has 2 heterocycles. The lowest BCUT2D eigenvalue weighted by atomic mass is 9.70. The molecule has 0 radical (unpaired) electrons. The largest absolute Gasteiger partial charge is 0.354 e. The van der Waals surface area contributed by atoms with Gasteiger partial charge in [-0.25, -0.2) is 0 Å². The van der Waals surface area contributed by atoms with Crippen LogP contribution < -0.4 is 4.90 Å². The molecule has 1 spiro atoms. The van der Waals surface area contributed by atoms with Gasteiger partial charge in [-0.3, -0.25) is 0 Å². The van der Waals surface area contributed by atoms with Crippen molar-refractivity contribution in [3.05, 3.63) is 235 Å². The van der Waals surface area contributed by atoms with Gasteiger partial charge >= 0.3 is 0 Å². The third-order valence-corrected chi connectivity index (χ3v) is 15.1. The molecule has 0 aliphatic heterocycles. The molecule has 10 aromatic carbocycles. The SMILES string of the molecule is c1ccc(-c2ccc(N(c3ccc4c(c3)C3(c5ccccc5-c5ccccc53)c3ccccc3-4)c3cccc4c3sc3c4c4ccccc4c4[nH]c5ccccc5c43)cc2)cc1. The van der Waals surface area contributed by atoms with E-state index < -0.39 is 5.41 Å². The minimum absolute atomic E-state index is 0.443. The van der Waals surface area contributed by atoms with Crippen LogP contribution in [0.1, 0.15) is 22.3 Å². The van der Waals surface area contributed by atoms with Crippen molar-refractivity contribution in [2.45, 2.75) is 5.41 Å². The smallest absolute Gasteiger partial charge is 0.0726 e. The number of H-pyrrole nitrogens is 1. The van der Waals surface area contributed by atoms with Crippen molar-refractivity contribution in [2.75, 3.05) is 4.90 Å². The highest BCUT2D eigenvalue weighted by Crippen LogP contribution is 2.63. The second kappa shape index (κ2) is 12.7. The molecule has 0 atom stereocenters. The highest BCUT2D eigenvalue weighted by Gasteiger charge is 2.51. The molecule has 0 saturated heterocycles. The Morgan fingerprint density at radius 3 is 1.63 bits per heavy atom. The Bertz CT molecular complexity index is 3750. The van der Waals surface area contributed by atoms with Crippen LogP contribution in [0.5, 0.6) is 0 Å². The number of thiophene rings is 1. The molecule has 2 nitrogen and oxygen atoms in total. The van der Waals surface area contributed by atoms with Gasteiger partial charge < -0.3 is 9.88 Å². The fourth-order valence-electron chi connectivity index (χ4n) is 11.3. The number of nitrogens with zero attached hydrogens (tertiary/aromatic N) is 1. The summed E-state index contributed by atoms with van der Waals surface area (Å²) in [6, 6.07) is 79.0. The molecule has 1 N–H and O–H groups in total. The van der Waals surface area contributed by atoms with Gasteiger partial charge in [0.2, 0.25) is 0 Å². The van der Waals surface area contributed by atoms with E-state index in [1.54, 1.807) is 0 Å². The maximum atomic E-state index is 3.83. The van der Waals surface area contributed by atoms with Crippen LogP contribution in [-0.2, 0) is 5.41 Å². The van der Waals surface area contributed by atoms with E-state index in [0.717, 1.165) is 11.4 Å². The van der Waals surface area contributed by atoms with Crippen LogP contribution in [0, 0.1) is 0 Å². The lowest BCUT2D eigenvalue weighted by molar-refractivity contribution is 0.793. The number of fused-ring (bicyclic) bond motifs is 20. The summed E-state index contributed by atoms with van der Waals surface area (Å²) < 4.78 is 2.59. The topological polar surface area (TPSA) is 19.0 Å². The van der Waals surface area contributed by atoms with Crippen molar-refractivity contribution in [1.29, 1.82) is 0 Å². The van der Waals surface area contributed by atoms with E-state index in [9.17, 15) is 0 Å². The van der Waals surface area contributed by atoms with Crippen LogP contribution in [0.25, 0.3) is 86.1 Å². The highest BCUT2D eigenvalue weighted by atomic mass is 32.1. The van der Waals surface area contributed by atoms with Crippen molar-refractivity contribution in [3.63, 3.8) is 0 Å². The Morgan fingerprint density at radius 2 is 0.919 bits per heavy atom. The maximum absolute atomic E-state index is 3.83. The normalized spacial score (nSPS) is 13.3. The molecule has 0 amide bonds. The second-order valence-corrected chi connectivity index (χ2v) is 17.8. The van der Waals surface area contributed by atoms with Gasteiger partial charge in [0.1, 0.15) is 0 Å². The van der Waals surface area contributed by atoms with Gasteiger partial charge in [0.25, 0.3) is 0 Å². The number of anilines is 3. The molecular formula is C59H36N2S. The number of nitrogens with one attached hydrogen (secondary N) is 1. The monoisotopic (exact) mass is 804 g/mol. The number of hydrogen-bond acceptors (Lipinski definition) is 2. The molecule has 2 aliphatic carbocycles. The van der Waals surface area contributed by atoms with Crippen LogP contribution in [-0.4, -0.2) is 4.98 Å². The molecule has 2 aliphatic rings. The third-order valence-electron chi connectivity index (χ3n) is 13.8. The maximum Gasteiger partial charge on any atom is 0.0726 e. The number of aromatic nitrogens is 1. The van der Waals surface area contributed by atoms with Gasteiger partial charge in [-0.15, -0.1) is 11.3 Å². The average Bonchev–Trinajstić information content (AvgIpc) is 4.08. The van der Waals surface area contributed by atoms with Gasteiger partial charge in [0.05, 0.1) is 21.3 Å². The fraction of sp³-hybridized carbons (Fsp3) is 0.0169. The number of rotatable bonds is 4. The predicted octanol–water partition coefficient (Wildman–Crippen LogP) is 16.3. The van der Waals surface area contributed by atoms with Gasteiger partial charge in [-0.05, 0) is 97.4 Å². The van der Waals surface area contributed by atoms with E-state index in [1.807, 2.05) is 11.3 Å². The summed E-state index contributed by atoms with van der Waals surface area (Å²) in [5.74, 6) is 0. The van der Waals surface area contributed by atoms with E-state index >= 15 is 0 Å². The minimum Gasteiger partial charge on any atom is -0.354 e. The summed E-state index contributed by atoms with van der Waals surface area (Å²) in [5, 5.41) is 7.70. The molecule has 12 aromatic rings. The molecule has 14 rings (SSSR count). The van der Waals surface area contributed by atoms with E-state index in [0.29, 0.717) is 0 Å². The molecule has 288 valence electrons. The van der Waals surface area contributed by atoms with Gasteiger partial charge in [-0.1, -0.05) is 176 Å². The summed E-state index contributed by atoms with van der Waals surface area (Å²) in [6.07, 6.45) is 0. The van der Waals surface area contributed by atoms with E-state index in [2.05, 4.69) is 222 Å². The zero-order valence-electron chi connectivity index (χ0n) is 33.6. The van der Waals surface area contributed by atoms with Crippen molar-refractivity contribution in [2.24, 2.45) is 0 Å². The second-order valence-electron chi connectivity index (χ2n) is 16.8. The lowest BCUT2D eigenvalue weighted by Crippen LogP contribution is -2.26. The Balaban J connectivity index is 1.07. The highest BCUT2D eigenvalue weighted by molar-refractivity contribution is 7.27. The van der Waals surface area contributed by atoms with E-state index in [1.165, 1.54) is 114 Å². The Kier molecular flexibility index (Phi) is 6.95. The number of para-hydroxylation sites is 1. The quantitative estimate of drug-likeness (QED) is 0.188. The molecule has 0 fully saturated rings.